The molecule has 0 bridgehead atoms. The number of nitrogens with zero attached hydrogens (tertiary/aromatic N) is 1. The van der Waals surface area contributed by atoms with Crippen LogP contribution in [0.2, 0.25) is 5.02 Å². The molecule has 12 heteroatoms. The molecule has 0 aliphatic rings. The molecule has 0 aliphatic heterocycles. The van der Waals surface area contributed by atoms with Crippen LogP contribution in [0.5, 0.6) is 11.5 Å². The minimum Gasteiger partial charge on any atom is -0.497 e. The fraction of sp³-hybridized carbons (Fsp3) is 0.278. The predicted octanol–water partition coefficient (Wildman–Crippen LogP) is 3.78. The molecule has 0 saturated heterocycles. The summed E-state index contributed by atoms with van der Waals surface area (Å²) in [5.41, 5.74) is -1.34. The smallest absolute Gasteiger partial charge is 0.417 e. The van der Waals surface area contributed by atoms with E-state index in [0.29, 0.717) is 16.1 Å². The van der Waals surface area contributed by atoms with Gasteiger partial charge in [0.1, 0.15) is 18.0 Å². The molecule has 2 aromatic carbocycles. The van der Waals surface area contributed by atoms with Crippen molar-refractivity contribution in [2.24, 2.45) is 0 Å². The summed E-state index contributed by atoms with van der Waals surface area (Å²) in [5, 5.41) is 1.88. The lowest BCUT2D eigenvalue weighted by Crippen LogP contribution is -2.37. The quantitative estimate of drug-likeness (QED) is 0.671. The van der Waals surface area contributed by atoms with E-state index in [1.54, 1.807) is 6.07 Å². The monoisotopic (exact) mass is 466 g/mol. The fourth-order valence-electron chi connectivity index (χ4n) is 2.51. The first-order valence-electron chi connectivity index (χ1n) is 8.23. The van der Waals surface area contributed by atoms with Gasteiger partial charge in [0.2, 0.25) is 15.9 Å². The Balaban J connectivity index is 2.34. The normalized spacial score (nSPS) is 11.7. The van der Waals surface area contributed by atoms with Gasteiger partial charge in [-0.2, -0.15) is 13.2 Å². The highest BCUT2D eigenvalue weighted by Gasteiger charge is 2.34. The second-order valence-corrected chi connectivity index (χ2v) is 8.36. The van der Waals surface area contributed by atoms with Crippen molar-refractivity contribution in [3.63, 3.8) is 0 Å². The number of methoxy groups -OCH3 is 2. The minimum atomic E-state index is -4.80. The Morgan fingerprint density at radius 3 is 2.33 bits per heavy atom. The van der Waals surface area contributed by atoms with Crippen molar-refractivity contribution >= 4 is 38.9 Å². The van der Waals surface area contributed by atoms with Gasteiger partial charge in [-0.15, -0.1) is 0 Å². The van der Waals surface area contributed by atoms with Crippen LogP contribution in [-0.4, -0.2) is 41.3 Å². The lowest BCUT2D eigenvalue weighted by atomic mass is 10.2. The Morgan fingerprint density at radius 2 is 1.80 bits per heavy atom. The average Bonchev–Trinajstić information content (AvgIpc) is 2.65. The molecule has 0 aliphatic carbocycles. The molecule has 0 atom stereocenters. The zero-order valence-corrected chi connectivity index (χ0v) is 17.7. The number of nitrogens with one attached hydrogen (secondary N) is 1. The summed E-state index contributed by atoms with van der Waals surface area (Å²) in [4.78, 5) is 12.5. The second kappa shape index (κ2) is 9.00. The Bertz CT molecular complexity index is 1040. The third kappa shape index (κ3) is 5.70. The minimum absolute atomic E-state index is 0.226. The number of halogens is 4. The molecule has 0 fully saturated rings. The van der Waals surface area contributed by atoms with Crippen molar-refractivity contribution in [3.05, 3.63) is 47.0 Å². The largest absolute Gasteiger partial charge is 0.497 e. The van der Waals surface area contributed by atoms with Crippen molar-refractivity contribution < 1.29 is 35.9 Å². The fourth-order valence-corrected chi connectivity index (χ4v) is 3.58. The maximum Gasteiger partial charge on any atom is 0.417 e. The van der Waals surface area contributed by atoms with Crippen LogP contribution in [0.3, 0.4) is 0 Å². The number of hydrogen-bond donors (Lipinski definition) is 1. The molecule has 0 saturated carbocycles. The first-order chi connectivity index (χ1) is 13.9. The number of anilines is 2. The van der Waals surface area contributed by atoms with E-state index in [0.717, 1.165) is 18.4 Å². The van der Waals surface area contributed by atoms with Crippen LogP contribution in [0.15, 0.2) is 36.4 Å². The molecule has 0 spiro atoms. The number of ether oxygens (including phenoxy) is 2. The zero-order valence-electron chi connectivity index (χ0n) is 16.1. The number of alkyl halides is 3. The van der Waals surface area contributed by atoms with E-state index in [1.165, 1.54) is 26.4 Å². The summed E-state index contributed by atoms with van der Waals surface area (Å²) in [7, 11) is -1.29. The van der Waals surface area contributed by atoms with E-state index < -0.39 is 39.2 Å². The Hall–Kier alpha value is -2.66. The molecule has 1 amide bonds. The Kier molecular flexibility index (Phi) is 7.09. The molecule has 2 aromatic rings. The van der Waals surface area contributed by atoms with Gasteiger partial charge < -0.3 is 14.8 Å². The van der Waals surface area contributed by atoms with Crippen LogP contribution in [0, 0.1) is 0 Å². The summed E-state index contributed by atoms with van der Waals surface area (Å²) in [5.74, 6) is -0.0877. The number of carbonyl (C=O) groups excluding carboxylic acids is 1. The molecule has 0 aromatic heterocycles. The Morgan fingerprint density at radius 1 is 1.13 bits per heavy atom. The van der Waals surface area contributed by atoms with Gasteiger partial charge in [-0.1, -0.05) is 11.6 Å². The zero-order chi connectivity index (χ0) is 22.7. The van der Waals surface area contributed by atoms with Gasteiger partial charge in [-0.25, -0.2) is 8.42 Å². The number of rotatable bonds is 7. The van der Waals surface area contributed by atoms with Gasteiger partial charge in [0, 0.05) is 6.07 Å². The average molecular weight is 467 g/mol. The molecule has 2 rings (SSSR count). The SMILES string of the molecule is COc1ccc(NC(=O)CN(c2ccc(Cl)c(C(F)(F)F)c2)S(C)(=O)=O)c(OC)c1. The van der Waals surface area contributed by atoms with E-state index in [9.17, 15) is 26.4 Å². The first kappa shape index (κ1) is 23.6. The predicted molar refractivity (Wildman–Crippen MR) is 107 cm³/mol. The summed E-state index contributed by atoms with van der Waals surface area (Å²) in [6.45, 7) is -0.771. The van der Waals surface area contributed by atoms with Gasteiger partial charge in [0.05, 0.1) is 42.4 Å². The standard InChI is InChI=1S/C18H18ClF3N2O5S/c1-28-12-5-7-15(16(9-12)29-2)23-17(25)10-24(30(3,26)27)11-4-6-14(19)13(8-11)18(20,21)22/h4-9H,10H2,1-3H3,(H,23,25). The van der Waals surface area contributed by atoms with E-state index in [-0.39, 0.29) is 17.1 Å². The number of amides is 1. The molecule has 7 nitrogen and oxygen atoms in total. The summed E-state index contributed by atoms with van der Waals surface area (Å²) in [6, 6.07) is 7.09. The van der Waals surface area contributed by atoms with Gasteiger partial charge in [0.15, 0.2) is 0 Å². The van der Waals surface area contributed by atoms with E-state index in [1.807, 2.05) is 0 Å². The van der Waals surface area contributed by atoms with Gasteiger partial charge in [-0.3, -0.25) is 9.10 Å². The van der Waals surface area contributed by atoms with Crippen LogP contribution in [0.25, 0.3) is 0 Å². The van der Waals surface area contributed by atoms with Crippen molar-refractivity contribution in [1.29, 1.82) is 0 Å². The molecule has 0 unspecified atom stereocenters. The number of hydrogen-bond acceptors (Lipinski definition) is 5. The maximum absolute atomic E-state index is 13.1. The lowest BCUT2D eigenvalue weighted by molar-refractivity contribution is -0.137. The van der Waals surface area contributed by atoms with E-state index in [2.05, 4.69) is 5.32 Å². The van der Waals surface area contributed by atoms with Crippen LogP contribution >= 0.6 is 11.6 Å². The number of sulfonamides is 1. The van der Waals surface area contributed by atoms with Gasteiger partial charge >= 0.3 is 6.18 Å². The summed E-state index contributed by atoms with van der Waals surface area (Å²) >= 11 is 5.58. The van der Waals surface area contributed by atoms with Gasteiger partial charge in [-0.05, 0) is 30.3 Å². The van der Waals surface area contributed by atoms with Crippen molar-refractivity contribution in [2.45, 2.75) is 6.18 Å². The van der Waals surface area contributed by atoms with Crippen LogP contribution < -0.4 is 19.1 Å². The van der Waals surface area contributed by atoms with Gasteiger partial charge in [0.25, 0.3) is 0 Å². The first-order valence-corrected chi connectivity index (χ1v) is 10.5. The number of benzene rings is 2. The molecular formula is C18H18ClF3N2O5S. The molecule has 0 heterocycles. The molecule has 164 valence electrons. The maximum atomic E-state index is 13.1. The molecule has 0 radical (unpaired) electrons. The highest BCUT2D eigenvalue weighted by atomic mass is 35.5. The van der Waals surface area contributed by atoms with E-state index in [4.69, 9.17) is 21.1 Å². The molecule has 30 heavy (non-hydrogen) atoms. The Labute approximate surface area is 176 Å². The van der Waals surface area contributed by atoms with E-state index >= 15 is 0 Å². The second-order valence-electron chi connectivity index (χ2n) is 6.05. The number of carbonyl (C=O) groups is 1. The highest BCUT2D eigenvalue weighted by molar-refractivity contribution is 7.92. The lowest BCUT2D eigenvalue weighted by Gasteiger charge is -2.23. The molecule has 1 N–H and O–H groups in total. The molecular weight excluding hydrogens is 449 g/mol. The summed E-state index contributed by atoms with van der Waals surface area (Å²) < 4.78 is 74.5. The van der Waals surface area contributed by atoms with Crippen molar-refractivity contribution in [1.82, 2.24) is 0 Å². The topological polar surface area (TPSA) is 84.9 Å². The van der Waals surface area contributed by atoms with Crippen LogP contribution in [-0.2, 0) is 21.0 Å². The van der Waals surface area contributed by atoms with Crippen LogP contribution in [0.1, 0.15) is 5.56 Å². The highest BCUT2D eigenvalue weighted by Crippen LogP contribution is 2.37. The van der Waals surface area contributed by atoms with Crippen molar-refractivity contribution in [3.8, 4) is 11.5 Å². The van der Waals surface area contributed by atoms with Crippen molar-refractivity contribution in [2.75, 3.05) is 36.6 Å². The third-order valence-electron chi connectivity index (χ3n) is 3.91. The third-order valence-corrected chi connectivity index (χ3v) is 5.38. The summed E-state index contributed by atoms with van der Waals surface area (Å²) in [6.07, 6.45) is -4.02. The van der Waals surface area contributed by atoms with Crippen LogP contribution in [0.4, 0.5) is 24.5 Å².